The molecule has 0 aliphatic carbocycles. The van der Waals surface area contributed by atoms with E-state index in [1.54, 1.807) is 0 Å². The van der Waals surface area contributed by atoms with Gasteiger partial charge < -0.3 is 0 Å². The molecule has 0 N–H and O–H groups in total. The van der Waals surface area contributed by atoms with E-state index in [1.165, 1.54) is 11.1 Å². The van der Waals surface area contributed by atoms with Crippen LogP contribution >= 0.6 is 0 Å². The van der Waals surface area contributed by atoms with Crippen LogP contribution < -0.4 is 0 Å². The molecule has 4 aromatic rings. The van der Waals surface area contributed by atoms with Gasteiger partial charge in [-0.15, -0.1) is 0 Å². The summed E-state index contributed by atoms with van der Waals surface area (Å²) in [5, 5.41) is 4.61. The van der Waals surface area contributed by atoms with Gasteiger partial charge in [0.15, 0.2) is 5.65 Å². The fraction of sp³-hybridized carbons (Fsp3) is 0.143. The van der Waals surface area contributed by atoms with Crippen molar-refractivity contribution in [2.24, 2.45) is 0 Å². The molecule has 3 heteroatoms. The van der Waals surface area contributed by atoms with Crippen LogP contribution in [0.5, 0.6) is 0 Å². The Kier molecular flexibility index (Phi) is 3.42. The van der Waals surface area contributed by atoms with Crippen molar-refractivity contribution in [2.45, 2.75) is 20.8 Å². The Hall–Kier alpha value is -2.94. The van der Waals surface area contributed by atoms with Gasteiger partial charge in [-0.2, -0.15) is 5.10 Å². The molecule has 3 nitrogen and oxygen atoms in total. The van der Waals surface area contributed by atoms with Gasteiger partial charge in [0.05, 0.1) is 17.1 Å². The number of fused-ring (bicyclic) bond motifs is 1. The highest BCUT2D eigenvalue weighted by Gasteiger charge is 2.11. The number of nitrogens with zero attached hydrogens (tertiary/aromatic N) is 3. The van der Waals surface area contributed by atoms with Crippen LogP contribution in [0.15, 0.2) is 60.7 Å². The summed E-state index contributed by atoms with van der Waals surface area (Å²) >= 11 is 0. The van der Waals surface area contributed by atoms with Crippen LogP contribution in [0, 0.1) is 20.8 Å². The van der Waals surface area contributed by atoms with Crippen LogP contribution in [0.4, 0.5) is 0 Å². The molecule has 0 aliphatic heterocycles. The van der Waals surface area contributed by atoms with E-state index in [0.717, 1.165) is 33.9 Å². The van der Waals surface area contributed by atoms with E-state index in [0.29, 0.717) is 0 Å². The van der Waals surface area contributed by atoms with Crippen molar-refractivity contribution < 1.29 is 0 Å². The lowest BCUT2D eigenvalue weighted by Crippen LogP contribution is -1.98. The Morgan fingerprint density at radius 3 is 1.92 bits per heavy atom. The average Bonchev–Trinajstić information content (AvgIpc) is 2.95. The molecule has 24 heavy (non-hydrogen) atoms. The van der Waals surface area contributed by atoms with Gasteiger partial charge in [-0.3, -0.25) is 0 Å². The van der Waals surface area contributed by atoms with E-state index < -0.39 is 0 Å². The minimum absolute atomic E-state index is 0.876. The van der Waals surface area contributed by atoms with Gasteiger partial charge in [0, 0.05) is 17.2 Å². The van der Waals surface area contributed by atoms with E-state index in [9.17, 15) is 0 Å². The molecule has 0 amide bonds. The third kappa shape index (κ3) is 2.58. The first-order valence-electron chi connectivity index (χ1n) is 8.12. The van der Waals surface area contributed by atoms with Crippen molar-refractivity contribution in [2.75, 3.05) is 0 Å². The van der Waals surface area contributed by atoms with E-state index in [-0.39, 0.29) is 0 Å². The standard InChI is InChI=1S/C21H19N3/c1-14-4-8-17(9-5-14)19-13-20(18-10-6-15(2)7-11-18)24-21(22-19)12-16(3)23-24/h4-13H,1-3H3. The maximum atomic E-state index is 4.80. The fourth-order valence-corrected chi connectivity index (χ4v) is 2.89. The molecule has 2 aromatic heterocycles. The maximum absolute atomic E-state index is 4.80. The summed E-state index contributed by atoms with van der Waals surface area (Å²) in [7, 11) is 0. The maximum Gasteiger partial charge on any atom is 0.156 e. The zero-order valence-electron chi connectivity index (χ0n) is 14.1. The van der Waals surface area contributed by atoms with Gasteiger partial charge in [-0.1, -0.05) is 59.7 Å². The second-order valence-corrected chi connectivity index (χ2v) is 6.31. The van der Waals surface area contributed by atoms with Crippen LogP contribution in [0.1, 0.15) is 16.8 Å². The first-order valence-corrected chi connectivity index (χ1v) is 8.12. The van der Waals surface area contributed by atoms with Crippen LogP contribution in [0.3, 0.4) is 0 Å². The molecule has 4 rings (SSSR count). The van der Waals surface area contributed by atoms with Crippen molar-refractivity contribution >= 4 is 5.65 Å². The van der Waals surface area contributed by atoms with Gasteiger partial charge >= 0.3 is 0 Å². The Morgan fingerprint density at radius 1 is 0.708 bits per heavy atom. The first-order chi connectivity index (χ1) is 11.6. The largest absolute Gasteiger partial charge is 0.228 e. The summed E-state index contributed by atoms with van der Waals surface area (Å²) in [6.45, 7) is 6.19. The summed E-state index contributed by atoms with van der Waals surface area (Å²) in [4.78, 5) is 4.80. The SMILES string of the molecule is Cc1ccc(-c2cc(-c3ccc(C)cc3)n3nc(C)cc3n2)cc1. The summed E-state index contributed by atoms with van der Waals surface area (Å²) in [6.07, 6.45) is 0. The third-order valence-electron chi connectivity index (χ3n) is 4.24. The Balaban J connectivity index is 1.96. The van der Waals surface area contributed by atoms with Crippen LogP contribution in [-0.2, 0) is 0 Å². The predicted molar refractivity (Wildman–Crippen MR) is 98.1 cm³/mol. The van der Waals surface area contributed by atoms with Gasteiger partial charge in [0.2, 0.25) is 0 Å². The lowest BCUT2D eigenvalue weighted by atomic mass is 10.1. The zero-order valence-corrected chi connectivity index (χ0v) is 14.1. The lowest BCUT2D eigenvalue weighted by molar-refractivity contribution is 0.926. The molecule has 0 atom stereocenters. The number of aryl methyl sites for hydroxylation is 3. The molecule has 0 spiro atoms. The number of benzene rings is 2. The molecular formula is C21H19N3. The molecule has 0 saturated carbocycles. The minimum atomic E-state index is 0.876. The number of aromatic nitrogens is 3. The van der Waals surface area contributed by atoms with Gasteiger partial charge in [-0.25, -0.2) is 9.50 Å². The molecule has 0 fully saturated rings. The van der Waals surface area contributed by atoms with Crippen molar-refractivity contribution in [1.29, 1.82) is 0 Å². The Morgan fingerprint density at radius 2 is 1.29 bits per heavy atom. The summed E-state index contributed by atoms with van der Waals surface area (Å²) in [5.74, 6) is 0. The van der Waals surface area contributed by atoms with E-state index >= 15 is 0 Å². The second kappa shape index (κ2) is 5.60. The lowest BCUT2D eigenvalue weighted by Gasteiger charge is -2.09. The van der Waals surface area contributed by atoms with Gasteiger partial charge in [0.25, 0.3) is 0 Å². The summed E-state index contributed by atoms with van der Waals surface area (Å²) in [6, 6.07) is 21.2. The normalized spacial score (nSPS) is 11.1. The van der Waals surface area contributed by atoms with E-state index in [4.69, 9.17) is 4.98 Å². The highest BCUT2D eigenvalue weighted by atomic mass is 15.3. The summed E-state index contributed by atoms with van der Waals surface area (Å²) in [5.41, 5.74) is 8.64. The van der Waals surface area contributed by atoms with Crippen LogP contribution in [0.2, 0.25) is 0 Å². The van der Waals surface area contributed by atoms with Gasteiger partial charge in [0.1, 0.15) is 0 Å². The second-order valence-electron chi connectivity index (χ2n) is 6.31. The summed E-state index contributed by atoms with van der Waals surface area (Å²) < 4.78 is 1.93. The number of hydrogen-bond donors (Lipinski definition) is 0. The fourth-order valence-electron chi connectivity index (χ4n) is 2.89. The molecule has 0 saturated heterocycles. The van der Waals surface area contributed by atoms with E-state index in [2.05, 4.69) is 73.5 Å². The minimum Gasteiger partial charge on any atom is -0.228 e. The number of hydrogen-bond acceptors (Lipinski definition) is 2. The molecular weight excluding hydrogens is 294 g/mol. The molecule has 2 aromatic carbocycles. The monoisotopic (exact) mass is 313 g/mol. The van der Waals surface area contributed by atoms with Crippen molar-refractivity contribution in [1.82, 2.24) is 14.6 Å². The molecule has 2 heterocycles. The molecule has 0 unspecified atom stereocenters. The van der Waals surface area contributed by atoms with Crippen molar-refractivity contribution in [3.63, 3.8) is 0 Å². The topological polar surface area (TPSA) is 30.2 Å². The Labute approximate surface area is 141 Å². The number of rotatable bonds is 2. The average molecular weight is 313 g/mol. The van der Waals surface area contributed by atoms with E-state index in [1.807, 2.05) is 17.5 Å². The van der Waals surface area contributed by atoms with Crippen LogP contribution in [0.25, 0.3) is 28.2 Å². The van der Waals surface area contributed by atoms with Gasteiger partial charge in [-0.05, 0) is 26.8 Å². The van der Waals surface area contributed by atoms with Crippen molar-refractivity contribution in [3.8, 4) is 22.5 Å². The molecule has 118 valence electrons. The first kappa shape index (κ1) is 14.6. The smallest absolute Gasteiger partial charge is 0.156 e. The highest BCUT2D eigenvalue weighted by molar-refractivity contribution is 5.71. The quantitative estimate of drug-likeness (QED) is 0.522. The Bertz CT molecular complexity index is 1010. The molecule has 0 bridgehead atoms. The van der Waals surface area contributed by atoms with Crippen molar-refractivity contribution in [3.05, 3.63) is 77.5 Å². The molecule has 0 radical (unpaired) electrons. The predicted octanol–water partition coefficient (Wildman–Crippen LogP) is 4.99. The third-order valence-corrected chi connectivity index (χ3v) is 4.24. The molecule has 0 aliphatic rings. The zero-order chi connectivity index (χ0) is 16.7. The van der Waals surface area contributed by atoms with Crippen LogP contribution in [-0.4, -0.2) is 14.6 Å². The highest BCUT2D eigenvalue weighted by Crippen LogP contribution is 2.27.